The van der Waals surface area contributed by atoms with Crippen LogP contribution in [0.2, 0.25) is 0 Å². The fourth-order valence-corrected chi connectivity index (χ4v) is 3.51. The van der Waals surface area contributed by atoms with Crippen LogP contribution >= 0.6 is 7.60 Å². The zero-order valence-electron chi connectivity index (χ0n) is 11.3. The fourth-order valence-electron chi connectivity index (χ4n) is 1.63. The summed E-state index contributed by atoms with van der Waals surface area (Å²) < 4.78 is 22.7. The Kier molecular flexibility index (Phi) is 13.3. The molecule has 0 rings (SSSR count). The second-order valence-electron chi connectivity index (χ2n) is 3.99. The van der Waals surface area contributed by atoms with Crippen molar-refractivity contribution in [2.45, 2.75) is 52.5 Å². The van der Waals surface area contributed by atoms with Crippen LogP contribution in [0.3, 0.4) is 0 Å². The summed E-state index contributed by atoms with van der Waals surface area (Å²) in [5.41, 5.74) is 4.03. The molecule has 0 saturated heterocycles. The van der Waals surface area contributed by atoms with Crippen molar-refractivity contribution >= 4 is 7.60 Å². The number of halogens is 1. The largest absolute Gasteiger partial charge is 1.00 e. The predicted molar refractivity (Wildman–Crippen MR) is 66.5 cm³/mol. The molecule has 3 N–H and O–H groups in total. The monoisotopic (exact) mass is 287 g/mol. The average Bonchev–Trinajstić information content (AvgIpc) is 2.18. The molecule has 0 bridgehead atoms. The highest BCUT2D eigenvalue weighted by Crippen LogP contribution is 2.48. The first-order chi connectivity index (χ1) is 7.58. The molecule has 17 heavy (non-hydrogen) atoms. The summed E-state index contributed by atoms with van der Waals surface area (Å²) in [4.78, 5) is 0. The van der Waals surface area contributed by atoms with Gasteiger partial charge in [0.2, 0.25) is 0 Å². The fraction of sp³-hybridized carbons (Fsp3) is 1.00. The van der Waals surface area contributed by atoms with E-state index in [-0.39, 0.29) is 18.4 Å². The molecule has 0 aliphatic carbocycles. The van der Waals surface area contributed by atoms with Crippen LogP contribution in [0.4, 0.5) is 0 Å². The van der Waals surface area contributed by atoms with E-state index in [0.717, 1.165) is 12.8 Å². The van der Waals surface area contributed by atoms with Gasteiger partial charge in [-0.2, -0.15) is 0 Å². The molecule has 1 atom stereocenters. The standard InChI is InChI=1S/C11H26NO3P.ClH/c1-4-7-8-9-11(12)10-16(13,14-5-2)15-6-3;/h11H,4-10,12H2,1-3H3;1H. The summed E-state index contributed by atoms with van der Waals surface area (Å²) in [7, 11) is -2.89. The number of unbranched alkanes of at least 4 members (excludes halogenated alkanes) is 2. The van der Waals surface area contributed by atoms with Crippen LogP contribution in [0, 0.1) is 0 Å². The van der Waals surface area contributed by atoms with Gasteiger partial charge in [0.1, 0.15) is 6.16 Å². The molecule has 0 aliphatic heterocycles. The lowest BCUT2D eigenvalue weighted by Gasteiger charge is -2.18. The van der Waals surface area contributed by atoms with E-state index >= 15 is 0 Å². The summed E-state index contributed by atoms with van der Waals surface area (Å²) >= 11 is 0. The third-order valence-corrected chi connectivity index (χ3v) is 4.62. The van der Waals surface area contributed by atoms with Gasteiger partial charge in [-0.3, -0.25) is 4.57 Å². The topological polar surface area (TPSA) is 63.2 Å². The normalized spacial score (nSPS) is 13.2. The molecule has 0 aromatic heterocycles. The van der Waals surface area contributed by atoms with Crippen molar-refractivity contribution in [2.75, 3.05) is 19.4 Å². The maximum atomic E-state index is 12.2. The minimum atomic E-state index is -2.89. The highest BCUT2D eigenvalue weighted by atomic mass is 35.5. The Balaban J connectivity index is 0. The zero-order chi connectivity index (χ0) is 12.4. The summed E-state index contributed by atoms with van der Waals surface area (Å²) in [6.07, 6.45) is 4.99. The van der Waals surface area contributed by atoms with E-state index in [0.29, 0.717) is 19.4 Å². The van der Waals surface area contributed by atoms with Crippen molar-refractivity contribution in [2.24, 2.45) is 0 Å². The van der Waals surface area contributed by atoms with Crippen molar-refractivity contribution in [3.8, 4) is 0 Å². The summed E-state index contributed by atoms with van der Waals surface area (Å²) in [6, 6.07) is 0.162. The van der Waals surface area contributed by atoms with Crippen LogP contribution in [0.1, 0.15) is 46.5 Å². The van der Waals surface area contributed by atoms with Gasteiger partial charge < -0.3 is 27.2 Å². The Hall–Kier alpha value is 0.400. The maximum absolute atomic E-state index is 12.2. The molecule has 0 fully saturated rings. The SMILES string of the molecule is CCCCCC([NH3+])CP(=O)(OCC)OCC.[Cl-]. The molecule has 0 radical (unpaired) electrons. The molecule has 4 nitrogen and oxygen atoms in total. The summed E-state index contributed by atoms with van der Waals surface area (Å²) in [6.45, 7) is 6.70. The van der Waals surface area contributed by atoms with E-state index in [9.17, 15) is 4.57 Å². The van der Waals surface area contributed by atoms with Crippen LogP contribution in [0.15, 0.2) is 0 Å². The number of rotatable bonds is 10. The minimum absolute atomic E-state index is 0. The first-order valence-corrected chi connectivity index (χ1v) is 8.02. The lowest BCUT2D eigenvalue weighted by atomic mass is 10.1. The Morgan fingerprint density at radius 1 is 1.12 bits per heavy atom. The molecular weight excluding hydrogens is 261 g/mol. The Labute approximate surface area is 112 Å². The van der Waals surface area contributed by atoms with Crippen molar-refractivity contribution in [3.05, 3.63) is 0 Å². The number of quaternary nitrogens is 1. The number of hydrogen-bond acceptors (Lipinski definition) is 3. The van der Waals surface area contributed by atoms with Crippen LogP contribution in [0.25, 0.3) is 0 Å². The molecule has 0 aromatic carbocycles. The molecule has 6 heteroatoms. The van der Waals surface area contributed by atoms with Crippen molar-refractivity contribution in [3.63, 3.8) is 0 Å². The van der Waals surface area contributed by atoms with Crippen LogP contribution in [0.5, 0.6) is 0 Å². The van der Waals surface area contributed by atoms with Gasteiger partial charge >= 0.3 is 7.60 Å². The van der Waals surface area contributed by atoms with Gasteiger partial charge in [0.25, 0.3) is 0 Å². The molecule has 106 valence electrons. The summed E-state index contributed by atoms with van der Waals surface area (Å²) in [5, 5.41) is 0. The van der Waals surface area contributed by atoms with Gasteiger partial charge in [0, 0.05) is 0 Å². The van der Waals surface area contributed by atoms with Crippen LogP contribution in [-0.2, 0) is 13.6 Å². The Morgan fingerprint density at radius 3 is 2.06 bits per heavy atom. The van der Waals surface area contributed by atoms with E-state index in [4.69, 9.17) is 9.05 Å². The number of hydrogen-bond donors (Lipinski definition) is 1. The molecule has 0 saturated carbocycles. The Morgan fingerprint density at radius 2 is 1.65 bits per heavy atom. The Bertz CT molecular complexity index is 207. The van der Waals surface area contributed by atoms with Crippen molar-refractivity contribution in [1.29, 1.82) is 0 Å². The highest BCUT2D eigenvalue weighted by Gasteiger charge is 2.28. The zero-order valence-corrected chi connectivity index (χ0v) is 12.9. The average molecular weight is 288 g/mol. The van der Waals surface area contributed by atoms with Crippen LogP contribution in [-0.4, -0.2) is 25.4 Å². The summed E-state index contributed by atoms with van der Waals surface area (Å²) in [5.74, 6) is 0. The van der Waals surface area contributed by atoms with Crippen molar-refractivity contribution < 1.29 is 31.8 Å². The van der Waals surface area contributed by atoms with E-state index in [1.165, 1.54) is 12.8 Å². The van der Waals surface area contributed by atoms with Gasteiger partial charge in [-0.1, -0.05) is 19.8 Å². The van der Waals surface area contributed by atoms with E-state index in [1.54, 1.807) is 0 Å². The van der Waals surface area contributed by atoms with E-state index in [1.807, 2.05) is 13.8 Å². The maximum Gasteiger partial charge on any atom is 0.336 e. The van der Waals surface area contributed by atoms with Gasteiger partial charge in [0.15, 0.2) is 0 Å². The lowest BCUT2D eigenvalue weighted by Crippen LogP contribution is -3.00. The smallest absolute Gasteiger partial charge is 0.336 e. The minimum Gasteiger partial charge on any atom is -1.00 e. The van der Waals surface area contributed by atoms with Crippen molar-refractivity contribution in [1.82, 2.24) is 0 Å². The van der Waals surface area contributed by atoms with Gasteiger partial charge in [0.05, 0.1) is 19.3 Å². The van der Waals surface area contributed by atoms with Crippen LogP contribution < -0.4 is 18.1 Å². The molecule has 1 unspecified atom stereocenters. The molecule has 0 amide bonds. The molecule has 0 aliphatic rings. The molecule has 0 spiro atoms. The first-order valence-electron chi connectivity index (χ1n) is 6.29. The van der Waals surface area contributed by atoms with E-state index in [2.05, 4.69) is 12.7 Å². The third-order valence-electron chi connectivity index (χ3n) is 2.35. The quantitative estimate of drug-likeness (QED) is 0.433. The molecular formula is C11H27ClNO3P. The highest BCUT2D eigenvalue weighted by molar-refractivity contribution is 7.53. The van der Waals surface area contributed by atoms with E-state index < -0.39 is 7.60 Å². The van der Waals surface area contributed by atoms with Gasteiger partial charge in [-0.25, -0.2) is 0 Å². The van der Waals surface area contributed by atoms with Gasteiger partial charge in [-0.05, 0) is 26.7 Å². The second-order valence-corrected chi connectivity index (χ2v) is 6.09. The third kappa shape index (κ3) is 10.0. The predicted octanol–water partition coefficient (Wildman–Crippen LogP) is -0.553. The first kappa shape index (κ1) is 19.7. The molecule has 0 heterocycles. The molecule has 0 aromatic rings. The lowest BCUT2D eigenvalue weighted by molar-refractivity contribution is -0.414. The van der Waals surface area contributed by atoms with Gasteiger partial charge in [-0.15, -0.1) is 0 Å². The second kappa shape index (κ2) is 11.5.